The Morgan fingerprint density at radius 1 is 1.37 bits per heavy atom. The summed E-state index contributed by atoms with van der Waals surface area (Å²) < 4.78 is 0. The molecule has 0 aliphatic heterocycles. The topological polar surface area (TPSA) is 48.1 Å². The van der Waals surface area contributed by atoms with Crippen molar-refractivity contribution in [2.75, 3.05) is 20.6 Å². The van der Waals surface area contributed by atoms with E-state index in [1.165, 1.54) is 0 Å². The second kappa shape index (κ2) is 5.89. The summed E-state index contributed by atoms with van der Waals surface area (Å²) in [6, 6.07) is 9.96. The minimum absolute atomic E-state index is 0.0394. The van der Waals surface area contributed by atoms with Crippen molar-refractivity contribution >= 4 is 16.8 Å². The van der Waals surface area contributed by atoms with Gasteiger partial charge in [-0.1, -0.05) is 18.2 Å². The Morgan fingerprint density at radius 3 is 2.79 bits per heavy atom. The molecule has 1 aromatic heterocycles. The molecular weight excluding hydrogens is 238 g/mol. The average Bonchev–Trinajstić information content (AvgIpc) is 2.80. The maximum absolute atomic E-state index is 12.1. The lowest BCUT2D eigenvalue weighted by Crippen LogP contribution is -2.34. The van der Waals surface area contributed by atoms with Crippen molar-refractivity contribution in [3.8, 4) is 0 Å². The third-order valence-electron chi connectivity index (χ3n) is 3.16. The van der Waals surface area contributed by atoms with E-state index in [0.717, 1.165) is 23.9 Å². The third kappa shape index (κ3) is 3.58. The molecule has 1 aromatic carbocycles. The third-order valence-corrected chi connectivity index (χ3v) is 3.16. The Balaban J connectivity index is 1.99. The van der Waals surface area contributed by atoms with Gasteiger partial charge in [-0.2, -0.15) is 0 Å². The van der Waals surface area contributed by atoms with Gasteiger partial charge in [0, 0.05) is 16.9 Å². The van der Waals surface area contributed by atoms with E-state index in [1.54, 1.807) is 0 Å². The van der Waals surface area contributed by atoms with Crippen molar-refractivity contribution < 1.29 is 4.79 Å². The molecule has 2 aromatic rings. The zero-order valence-electron chi connectivity index (χ0n) is 11.7. The molecule has 2 rings (SSSR count). The van der Waals surface area contributed by atoms with Gasteiger partial charge in [0.1, 0.15) is 5.69 Å². The SMILES string of the molecule is CC(CCN(C)C)NC(=O)c1cc2ccccc2[nH]1. The normalized spacial score (nSPS) is 12.8. The molecule has 1 atom stereocenters. The van der Waals surface area contributed by atoms with E-state index < -0.39 is 0 Å². The molecule has 0 fully saturated rings. The number of H-pyrrole nitrogens is 1. The number of carbonyl (C=O) groups excluding carboxylic acids is 1. The highest BCUT2D eigenvalue weighted by atomic mass is 16.1. The molecule has 1 heterocycles. The van der Waals surface area contributed by atoms with Gasteiger partial charge >= 0.3 is 0 Å². The molecule has 0 aliphatic carbocycles. The number of para-hydroxylation sites is 1. The molecule has 1 unspecified atom stereocenters. The number of hydrogen-bond acceptors (Lipinski definition) is 2. The lowest BCUT2D eigenvalue weighted by atomic mass is 10.2. The minimum Gasteiger partial charge on any atom is -0.351 e. The maximum Gasteiger partial charge on any atom is 0.267 e. The first-order chi connectivity index (χ1) is 9.06. The van der Waals surface area contributed by atoms with Gasteiger partial charge in [-0.3, -0.25) is 4.79 Å². The lowest BCUT2D eigenvalue weighted by Gasteiger charge is -2.16. The minimum atomic E-state index is -0.0394. The number of benzene rings is 1. The lowest BCUT2D eigenvalue weighted by molar-refractivity contribution is 0.0932. The predicted molar refractivity (Wildman–Crippen MR) is 78.4 cm³/mol. The van der Waals surface area contributed by atoms with Crippen molar-refractivity contribution in [1.82, 2.24) is 15.2 Å². The number of fused-ring (bicyclic) bond motifs is 1. The summed E-state index contributed by atoms with van der Waals surface area (Å²) in [5.74, 6) is -0.0394. The van der Waals surface area contributed by atoms with E-state index in [9.17, 15) is 4.79 Å². The molecule has 0 bridgehead atoms. The number of hydrogen-bond donors (Lipinski definition) is 2. The Kier molecular flexibility index (Phi) is 4.22. The van der Waals surface area contributed by atoms with E-state index in [4.69, 9.17) is 0 Å². The highest BCUT2D eigenvalue weighted by Crippen LogP contribution is 2.14. The number of aromatic nitrogens is 1. The van der Waals surface area contributed by atoms with Crippen LogP contribution in [0.25, 0.3) is 10.9 Å². The Labute approximate surface area is 113 Å². The standard InChI is InChI=1S/C15H21N3O/c1-11(8-9-18(2)3)16-15(19)14-10-12-6-4-5-7-13(12)17-14/h4-7,10-11,17H,8-9H2,1-3H3,(H,16,19). The summed E-state index contributed by atoms with van der Waals surface area (Å²) in [5, 5.41) is 4.08. The number of carbonyl (C=O) groups is 1. The summed E-state index contributed by atoms with van der Waals surface area (Å²) >= 11 is 0. The highest BCUT2D eigenvalue weighted by molar-refractivity contribution is 5.98. The van der Waals surface area contributed by atoms with E-state index in [1.807, 2.05) is 51.4 Å². The second-order valence-corrected chi connectivity index (χ2v) is 5.24. The quantitative estimate of drug-likeness (QED) is 0.865. The summed E-state index contributed by atoms with van der Waals surface area (Å²) in [4.78, 5) is 17.4. The first kappa shape index (κ1) is 13.6. The molecule has 4 heteroatoms. The van der Waals surface area contributed by atoms with Crippen LogP contribution < -0.4 is 5.32 Å². The number of amides is 1. The first-order valence-corrected chi connectivity index (χ1v) is 6.59. The molecule has 2 N–H and O–H groups in total. The molecule has 102 valence electrons. The Morgan fingerprint density at radius 2 is 2.11 bits per heavy atom. The van der Waals surface area contributed by atoms with Crippen LogP contribution in [-0.2, 0) is 0 Å². The van der Waals surface area contributed by atoms with Gasteiger partial charge in [-0.15, -0.1) is 0 Å². The van der Waals surface area contributed by atoms with Crippen LogP contribution in [-0.4, -0.2) is 42.5 Å². The van der Waals surface area contributed by atoms with Crippen molar-refractivity contribution in [3.63, 3.8) is 0 Å². The van der Waals surface area contributed by atoms with Crippen LogP contribution in [0.3, 0.4) is 0 Å². The van der Waals surface area contributed by atoms with Gasteiger partial charge < -0.3 is 15.2 Å². The van der Waals surface area contributed by atoms with Crippen LogP contribution in [0, 0.1) is 0 Å². The fraction of sp³-hybridized carbons (Fsp3) is 0.400. The number of nitrogens with one attached hydrogen (secondary N) is 2. The predicted octanol–water partition coefficient (Wildman–Crippen LogP) is 2.24. The zero-order valence-corrected chi connectivity index (χ0v) is 11.7. The van der Waals surface area contributed by atoms with Gasteiger partial charge in [-0.25, -0.2) is 0 Å². The average molecular weight is 259 g/mol. The van der Waals surface area contributed by atoms with Crippen molar-refractivity contribution in [2.45, 2.75) is 19.4 Å². The zero-order chi connectivity index (χ0) is 13.8. The van der Waals surface area contributed by atoms with Gasteiger partial charge in [0.25, 0.3) is 5.91 Å². The van der Waals surface area contributed by atoms with Crippen molar-refractivity contribution in [1.29, 1.82) is 0 Å². The number of nitrogens with zero attached hydrogens (tertiary/aromatic N) is 1. The smallest absolute Gasteiger partial charge is 0.267 e. The monoisotopic (exact) mass is 259 g/mol. The summed E-state index contributed by atoms with van der Waals surface area (Å²) in [6.45, 7) is 3.00. The summed E-state index contributed by atoms with van der Waals surface area (Å²) in [7, 11) is 4.07. The van der Waals surface area contributed by atoms with Gasteiger partial charge in [0.15, 0.2) is 0 Å². The number of rotatable bonds is 5. The van der Waals surface area contributed by atoms with E-state index >= 15 is 0 Å². The molecule has 0 radical (unpaired) electrons. The Bertz CT molecular complexity index is 526. The van der Waals surface area contributed by atoms with Gasteiger partial charge in [-0.05, 0) is 46.1 Å². The van der Waals surface area contributed by atoms with Crippen LogP contribution >= 0.6 is 0 Å². The van der Waals surface area contributed by atoms with E-state index in [-0.39, 0.29) is 11.9 Å². The Hall–Kier alpha value is -1.81. The molecule has 0 aliphatic rings. The largest absolute Gasteiger partial charge is 0.351 e. The van der Waals surface area contributed by atoms with Crippen LogP contribution in [0.5, 0.6) is 0 Å². The molecule has 1 amide bonds. The van der Waals surface area contributed by atoms with Crippen LogP contribution in [0.1, 0.15) is 23.8 Å². The molecular formula is C15H21N3O. The van der Waals surface area contributed by atoms with Crippen molar-refractivity contribution in [2.24, 2.45) is 0 Å². The molecule has 0 saturated carbocycles. The number of aromatic amines is 1. The van der Waals surface area contributed by atoms with E-state index in [0.29, 0.717) is 5.69 Å². The molecule has 0 saturated heterocycles. The van der Waals surface area contributed by atoms with Crippen LogP contribution in [0.2, 0.25) is 0 Å². The first-order valence-electron chi connectivity index (χ1n) is 6.59. The van der Waals surface area contributed by atoms with Crippen LogP contribution in [0.4, 0.5) is 0 Å². The fourth-order valence-electron chi connectivity index (χ4n) is 2.02. The molecule has 19 heavy (non-hydrogen) atoms. The summed E-state index contributed by atoms with van der Waals surface area (Å²) in [5.41, 5.74) is 1.62. The van der Waals surface area contributed by atoms with Gasteiger partial charge in [0.05, 0.1) is 0 Å². The molecule has 0 spiro atoms. The van der Waals surface area contributed by atoms with E-state index in [2.05, 4.69) is 15.2 Å². The second-order valence-electron chi connectivity index (χ2n) is 5.24. The van der Waals surface area contributed by atoms with Gasteiger partial charge in [0.2, 0.25) is 0 Å². The maximum atomic E-state index is 12.1. The van der Waals surface area contributed by atoms with Crippen molar-refractivity contribution in [3.05, 3.63) is 36.0 Å². The molecule has 4 nitrogen and oxygen atoms in total. The summed E-state index contributed by atoms with van der Waals surface area (Å²) in [6.07, 6.45) is 0.943. The highest BCUT2D eigenvalue weighted by Gasteiger charge is 2.12. The fourth-order valence-corrected chi connectivity index (χ4v) is 2.02. The van der Waals surface area contributed by atoms with Crippen LogP contribution in [0.15, 0.2) is 30.3 Å².